The molecule has 1 fully saturated rings. The first-order valence-electron chi connectivity index (χ1n) is 12.7. The third-order valence-corrected chi connectivity index (χ3v) is 8.24. The molecule has 0 saturated carbocycles. The Hall–Kier alpha value is -3.18. The lowest BCUT2D eigenvalue weighted by Crippen LogP contribution is -2.49. The van der Waals surface area contributed by atoms with Gasteiger partial charge in [0, 0.05) is 65.2 Å². The number of carbonyl (C=O) groups excluding carboxylic acids is 1. The highest BCUT2D eigenvalue weighted by Gasteiger charge is 2.48. The first-order valence-corrected chi connectivity index (χ1v) is 12.7. The fraction of sp³-hybridized carbons (Fsp3) is 0.519. The molecule has 204 valence electrons. The molecule has 1 amide bonds. The number of fused-ring (bicyclic) bond motifs is 2. The summed E-state index contributed by atoms with van der Waals surface area (Å²) in [4.78, 5) is 34.2. The van der Waals surface area contributed by atoms with Gasteiger partial charge in [0.1, 0.15) is 0 Å². The molecule has 4 heterocycles. The van der Waals surface area contributed by atoms with E-state index in [0.717, 1.165) is 28.9 Å². The average molecular weight is 532 g/mol. The van der Waals surface area contributed by atoms with Gasteiger partial charge in [-0.25, -0.2) is 4.79 Å². The monoisotopic (exact) mass is 531 g/mol. The van der Waals surface area contributed by atoms with E-state index in [9.17, 15) is 22.8 Å². The van der Waals surface area contributed by atoms with Crippen LogP contribution in [0.25, 0.3) is 11.0 Å². The highest BCUT2D eigenvalue weighted by molar-refractivity contribution is 5.84. The summed E-state index contributed by atoms with van der Waals surface area (Å²) in [6, 6.07) is 7.08. The van der Waals surface area contributed by atoms with Gasteiger partial charge in [0.15, 0.2) is 0 Å². The molecule has 2 aliphatic heterocycles. The third-order valence-electron chi connectivity index (χ3n) is 8.24. The number of imidazole rings is 1. The van der Waals surface area contributed by atoms with Crippen LogP contribution in [0, 0.1) is 5.41 Å². The molecule has 2 aliphatic rings. The minimum absolute atomic E-state index is 0.0122. The topological polar surface area (TPSA) is 72.6 Å². The number of likely N-dealkylation sites (tertiary alicyclic amines) is 1. The van der Waals surface area contributed by atoms with Crippen molar-refractivity contribution < 1.29 is 22.7 Å². The Morgan fingerprint density at radius 1 is 1.16 bits per heavy atom. The molecule has 38 heavy (non-hydrogen) atoms. The van der Waals surface area contributed by atoms with Gasteiger partial charge in [-0.1, -0.05) is 6.07 Å². The molecule has 3 aromatic rings. The van der Waals surface area contributed by atoms with Crippen LogP contribution in [0.5, 0.6) is 0 Å². The quantitative estimate of drug-likeness (QED) is 0.506. The molecular formula is C27H32F3N5O3. The van der Waals surface area contributed by atoms with Crippen molar-refractivity contribution in [2.24, 2.45) is 19.5 Å². The molecule has 1 aromatic carbocycles. The summed E-state index contributed by atoms with van der Waals surface area (Å²) < 4.78 is 48.5. The second-order valence-electron chi connectivity index (χ2n) is 10.6. The smallest absolute Gasteiger partial charge is 0.384 e. The Kier molecular flexibility index (Phi) is 6.63. The van der Waals surface area contributed by atoms with Gasteiger partial charge in [-0.15, -0.1) is 0 Å². The molecular weight excluding hydrogens is 499 g/mol. The van der Waals surface area contributed by atoms with Crippen LogP contribution in [0.1, 0.15) is 41.8 Å². The van der Waals surface area contributed by atoms with E-state index in [1.807, 2.05) is 18.2 Å². The van der Waals surface area contributed by atoms with Crippen molar-refractivity contribution in [3.8, 4) is 0 Å². The first-order chi connectivity index (χ1) is 17.9. The van der Waals surface area contributed by atoms with Crippen molar-refractivity contribution in [3.63, 3.8) is 0 Å². The SMILES string of the molecule is COCC1(C(=O)N2CCc3ncc(C(F)(F)F)cc3C2)CCN(C(C)c2ccc3c(c2)n(C)c(=O)n3C)C1. The number of hydrogen-bond donors (Lipinski definition) is 0. The molecule has 2 atom stereocenters. The molecule has 11 heteroatoms. The first kappa shape index (κ1) is 26.4. The normalized spacial score (nSPS) is 21.2. The van der Waals surface area contributed by atoms with E-state index in [-0.39, 0.29) is 30.8 Å². The minimum atomic E-state index is -4.48. The van der Waals surface area contributed by atoms with E-state index >= 15 is 0 Å². The molecule has 8 nitrogen and oxygen atoms in total. The lowest BCUT2D eigenvalue weighted by Gasteiger charge is -2.37. The fourth-order valence-electron chi connectivity index (χ4n) is 5.95. The summed E-state index contributed by atoms with van der Waals surface area (Å²) in [5.41, 5.74) is 2.11. The van der Waals surface area contributed by atoms with E-state index in [4.69, 9.17) is 4.74 Å². The van der Waals surface area contributed by atoms with Crippen LogP contribution in [0.2, 0.25) is 0 Å². The molecule has 5 rings (SSSR count). The molecule has 0 spiro atoms. The number of carbonyl (C=O) groups is 1. The Balaban J connectivity index is 1.37. The number of aryl methyl sites for hydroxylation is 2. The predicted octanol–water partition coefficient (Wildman–Crippen LogP) is 3.28. The van der Waals surface area contributed by atoms with Crippen LogP contribution < -0.4 is 5.69 Å². The Morgan fingerprint density at radius 3 is 2.61 bits per heavy atom. The van der Waals surface area contributed by atoms with Gasteiger partial charge >= 0.3 is 11.9 Å². The average Bonchev–Trinajstić information content (AvgIpc) is 3.43. The maximum Gasteiger partial charge on any atom is 0.417 e. The summed E-state index contributed by atoms with van der Waals surface area (Å²) in [7, 11) is 5.06. The summed E-state index contributed by atoms with van der Waals surface area (Å²) >= 11 is 0. The number of pyridine rings is 1. The minimum Gasteiger partial charge on any atom is -0.384 e. The zero-order valence-electron chi connectivity index (χ0n) is 22.0. The van der Waals surface area contributed by atoms with Crippen LogP contribution in [0.15, 0.2) is 35.3 Å². The van der Waals surface area contributed by atoms with Crippen LogP contribution in [-0.2, 0) is 42.8 Å². The number of halogens is 3. The molecule has 0 bridgehead atoms. The van der Waals surface area contributed by atoms with Gasteiger partial charge < -0.3 is 9.64 Å². The number of alkyl halides is 3. The Labute approximate surface area is 218 Å². The zero-order chi connectivity index (χ0) is 27.4. The summed E-state index contributed by atoms with van der Waals surface area (Å²) in [6.07, 6.45) is -2.62. The van der Waals surface area contributed by atoms with E-state index in [1.165, 1.54) is 0 Å². The third kappa shape index (κ3) is 4.41. The lowest BCUT2D eigenvalue weighted by molar-refractivity contribution is -0.145. The predicted molar refractivity (Wildman–Crippen MR) is 135 cm³/mol. The second kappa shape index (κ2) is 9.53. The summed E-state index contributed by atoms with van der Waals surface area (Å²) in [5, 5.41) is 0. The van der Waals surface area contributed by atoms with Crippen molar-refractivity contribution in [1.82, 2.24) is 23.9 Å². The van der Waals surface area contributed by atoms with Gasteiger partial charge in [0.05, 0.1) is 28.6 Å². The number of amides is 1. The zero-order valence-corrected chi connectivity index (χ0v) is 22.0. The molecule has 0 N–H and O–H groups in total. The van der Waals surface area contributed by atoms with Crippen LogP contribution in [0.3, 0.4) is 0 Å². The molecule has 0 aliphatic carbocycles. The standard InChI is InChI=1S/C27H32F3N5O3/c1-17(18-5-6-22-23(12-18)33(3)25(37)32(22)2)35-10-8-26(15-35,16-38-4)24(36)34-9-7-21-19(14-34)11-20(13-31-21)27(28,29)30/h5-6,11-13,17H,7-10,14-16H2,1-4H3. The van der Waals surface area contributed by atoms with E-state index in [0.29, 0.717) is 43.7 Å². The number of rotatable bonds is 5. The van der Waals surface area contributed by atoms with Gasteiger partial charge in [0.2, 0.25) is 5.91 Å². The second-order valence-corrected chi connectivity index (χ2v) is 10.6. The van der Waals surface area contributed by atoms with Gasteiger partial charge in [-0.05, 0) is 49.2 Å². The number of benzene rings is 1. The number of hydrogen-bond acceptors (Lipinski definition) is 5. The maximum atomic E-state index is 13.9. The van der Waals surface area contributed by atoms with Crippen LogP contribution in [-0.4, -0.2) is 63.2 Å². The number of methoxy groups -OCH3 is 1. The van der Waals surface area contributed by atoms with Gasteiger partial charge in [-0.2, -0.15) is 13.2 Å². The van der Waals surface area contributed by atoms with Crippen LogP contribution >= 0.6 is 0 Å². The number of aromatic nitrogens is 3. The van der Waals surface area contributed by atoms with Crippen molar-refractivity contribution in [1.29, 1.82) is 0 Å². The van der Waals surface area contributed by atoms with Crippen molar-refractivity contribution in [3.05, 3.63) is 63.3 Å². The largest absolute Gasteiger partial charge is 0.417 e. The van der Waals surface area contributed by atoms with E-state index in [1.54, 1.807) is 35.2 Å². The lowest BCUT2D eigenvalue weighted by atomic mass is 9.85. The maximum absolute atomic E-state index is 13.9. The van der Waals surface area contributed by atoms with Crippen LogP contribution in [0.4, 0.5) is 13.2 Å². The van der Waals surface area contributed by atoms with E-state index < -0.39 is 17.2 Å². The number of ether oxygens (including phenoxy) is 1. The highest BCUT2D eigenvalue weighted by Crippen LogP contribution is 2.39. The highest BCUT2D eigenvalue weighted by atomic mass is 19.4. The fourth-order valence-corrected chi connectivity index (χ4v) is 5.95. The Bertz CT molecular complexity index is 1450. The van der Waals surface area contributed by atoms with Crippen molar-refractivity contribution >= 4 is 16.9 Å². The van der Waals surface area contributed by atoms with Gasteiger partial charge in [-0.3, -0.25) is 23.8 Å². The summed E-state index contributed by atoms with van der Waals surface area (Å²) in [5.74, 6) is -0.0991. The number of nitrogens with zero attached hydrogens (tertiary/aromatic N) is 5. The van der Waals surface area contributed by atoms with Crippen molar-refractivity contribution in [2.75, 3.05) is 33.4 Å². The molecule has 0 radical (unpaired) electrons. The van der Waals surface area contributed by atoms with Gasteiger partial charge in [0.25, 0.3) is 0 Å². The van der Waals surface area contributed by atoms with E-state index in [2.05, 4.69) is 16.8 Å². The molecule has 2 aromatic heterocycles. The molecule has 2 unspecified atom stereocenters. The molecule has 1 saturated heterocycles. The summed E-state index contributed by atoms with van der Waals surface area (Å²) in [6.45, 7) is 3.96. The van der Waals surface area contributed by atoms with Crippen molar-refractivity contribution in [2.45, 2.75) is 38.5 Å². The Morgan fingerprint density at radius 2 is 1.89 bits per heavy atom.